The molecule has 1 amide bonds. The summed E-state index contributed by atoms with van der Waals surface area (Å²) in [6.45, 7) is 9.02. The number of hydrogen-bond donors (Lipinski definition) is 0. The number of ether oxygens (including phenoxy) is 1. The van der Waals surface area contributed by atoms with Gasteiger partial charge in [-0.3, -0.25) is 0 Å². The molecule has 2 heterocycles. The van der Waals surface area contributed by atoms with Gasteiger partial charge in [-0.25, -0.2) is 14.5 Å². The van der Waals surface area contributed by atoms with Gasteiger partial charge in [0.2, 0.25) is 0 Å². The van der Waals surface area contributed by atoms with Gasteiger partial charge in [-0.1, -0.05) is 0 Å². The number of aromatic nitrogens is 3. The van der Waals surface area contributed by atoms with Crippen LogP contribution < -0.4 is 0 Å². The quantitative estimate of drug-likeness (QED) is 0.781. The summed E-state index contributed by atoms with van der Waals surface area (Å²) in [5.74, 6) is 0.927. The van der Waals surface area contributed by atoms with Crippen molar-refractivity contribution in [2.24, 2.45) is 0 Å². The zero-order valence-electron chi connectivity index (χ0n) is 12.1. The van der Waals surface area contributed by atoms with Crippen LogP contribution in [-0.4, -0.2) is 44.4 Å². The van der Waals surface area contributed by atoms with Crippen molar-refractivity contribution < 1.29 is 9.53 Å². The third kappa shape index (κ3) is 3.45. The van der Waals surface area contributed by atoms with Gasteiger partial charge < -0.3 is 9.64 Å². The molecule has 0 atom stereocenters. The van der Waals surface area contributed by atoms with Crippen LogP contribution in [0.3, 0.4) is 0 Å². The molecular formula is C13H22N4O2. The minimum Gasteiger partial charge on any atom is -0.444 e. The van der Waals surface area contributed by atoms with Crippen molar-refractivity contribution in [1.29, 1.82) is 0 Å². The Hall–Kier alpha value is -1.59. The SMILES string of the molecule is Cc1ncnn1C1CCN(C(=O)OC(C)(C)C)CC1. The number of carbonyl (C=O) groups is 1. The van der Waals surface area contributed by atoms with Crippen LogP contribution in [-0.2, 0) is 4.74 Å². The third-order valence-corrected chi connectivity index (χ3v) is 3.21. The normalized spacial score (nSPS) is 17.6. The number of amides is 1. The van der Waals surface area contributed by atoms with E-state index < -0.39 is 5.60 Å². The molecule has 6 heteroatoms. The summed E-state index contributed by atoms with van der Waals surface area (Å²) >= 11 is 0. The minimum absolute atomic E-state index is 0.221. The Labute approximate surface area is 113 Å². The van der Waals surface area contributed by atoms with E-state index in [2.05, 4.69) is 10.1 Å². The lowest BCUT2D eigenvalue weighted by atomic mass is 10.1. The van der Waals surface area contributed by atoms with E-state index in [0.717, 1.165) is 18.7 Å². The fourth-order valence-corrected chi connectivity index (χ4v) is 2.29. The van der Waals surface area contributed by atoms with Crippen molar-refractivity contribution in [3.05, 3.63) is 12.2 Å². The third-order valence-electron chi connectivity index (χ3n) is 3.21. The summed E-state index contributed by atoms with van der Waals surface area (Å²) in [6.07, 6.45) is 3.14. The highest BCUT2D eigenvalue weighted by Crippen LogP contribution is 2.23. The molecule has 6 nitrogen and oxygen atoms in total. The molecule has 0 N–H and O–H groups in total. The Morgan fingerprint density at radius 2 is 2.00 bits per heavy atom. The number of nitrogens with zero attached hydrogens (tertiary/aromatic N) is 4. The number of rotatable bonds is 1. The molecule has 0 bridgehead atoms. The molecule has 0 radical (unpaired) electrons. The first kappa shape index (κ1) is 13.8. The van der Waals surface area contributed by atoms with Crippen LogP contribution in [0.1, 0.15) is 45.5 Å². The number of hydrogen-bond acceptors (Lipinski definition) is 4. The highest BCUT2D eigenvalue weighted by Gasteiger charge is 2.28. The first-order valence-corrected chi connectivity index (χ1v) is 6.71. The van der Waals surface area contributed by atoms with E-state index in [-0.39, 0.29) is 6.09 Å². The number of likely N-dealkylation sites (tertiary alicyclic amines) is 1. The predicted octanol–water partition coefficient (Wildman–Crippen LogP) is 2.16. The van der Waals surface area contributed by atoms with E-state index in [1.165, 1.54) is 0 Å². The lowest BCUT2D eigenvalue weighted by Crippen LogP contribution is -2.42. The van der Waals surface area contributed by atoms with Gasteiger partial charge in [-0.2, -0.15) is 5.10 Å². The van der Waals surface area contributed by atoms with Crippen LogP contribution in [0.4, 0.5) is 4.79 Å². The van der Waals surface area contributed by atoms with Crippen LogP contribution in [0.5, 0.6) is 0 Å². The van der Waals surface area contributed by atoms with Crippen molar-refractivity contribution in [2.45, 2.75) is 52.2 Å². The predicted molar refractivity (Wildman–Crippen MR) is 70.8 cm³/mol. The van der Waals surface area contributed by atoms with E-state index in [1.54, 1.807) is 11.2 Å². The van der Waals surface area contributed by atoms with Gasteiger partial charge in [0.05, 0.1) is 6.04 Å². The van der Waals surface area contributed by atoms with E-state index in [4.69, 9.17) is 4.74 Å². The van der Waals surface area contributed by atoms with Gasteiger partial charge in [-0.05, 0) is 40.5 Å². The highest BCUT2D eigenvalue weighted by atomic mass is 16.6. The van der Waals surface area contributed by atoms with Crippen molar-refractivity contribution in [1.82, 2.24) is 19.7 Å². The Balaban J connectivity index is 1.89. The fraction of sp³-hybridized carbons (Fsp3) is 0.769. The average molecular weight is 266 g/mol. The van der Waals surface area contributed by atoms with Gasteiger partial charge in [0.1, 0.15) is 17.8 Å². The maximum atomic E-state index is 11.9. The number of aryl methyl sites for hydroxylation is 1. The van der Waals surface area contributed by atoms with Crippen LogP contribution >= 0.6 is 0 Å². The Morgan fingerprint density at radius 3 is 2.47 bits per heavy atom. The maximum absolute atomic E-state index is 11.9. The minimum atomic E-state index is -0.434. The fourth-order valence-electron chi connectivity index (χ4n) is 2.29. The largest absolute Gasteiger partial charge is 0.444 e. The van der Waals surface area contributed by atoms with Crippen LogP contribution in [0.2, 0.25) is 0 Å². The molecule has 1 saturated heterocycles. The average Bonchev–Trinajstić information content (AvgIpc) is 2.73. The second-order valence-electron chi connectivity index (χ2n) is 5.95. The number of piperidine rings is 1. The molecule has 19 heavy (non-hydrogen) atoms. The first-order valence-electron chi connectivity index (χ1n) is 6.71. The zero-order chi connectivity index (χ0) is 14.0. The van der Waals surface area contributed by atoms with Gasteiger partial charge in [0.15, 0.2) is 0 Å². The van der Waals surface area contributed by atoms with E-state index in [9.17, 15) is 4.79 Å². The molecule has 2 rings (SSSR count). The monoisotopic (exact) mass is 266 g/mol. The molecule has 0 saturated carbocycles. The summed E-state index contributed by atoms with van der Waals surface area (Å²) in [5, 5.41) is 4.24. The molecule has 0 aliphatic carbocycles. The smallest absolute Gasteiger partial charge is 0.410 e. The Kier molecular flexibility index (Phi) is 3.78. The van der Waals surface area contributed by atoms with Gasteiger partial charge in [-0.15, -0.1) is 0 Å². The summed E-state index contributed by atoms with van der Waals surface area (Å²) < 4.78 is 7.33. The Bertz CT molecular complexity index is 442. The van der Waals surface area contributed by atoms with Crippen LogP contribution in [0, 0.1) is 6.92 Å². The highest BCUT2D eigenvalue weighted by molar-refractivity contribution is 5.68. The van der Waals surface area contributed by atoms with E-state index >= 15 is 0 Å². The summed E-state index contributed by atoms with van der Waals surface area (Å²) in [7, 11) is 0. The van der Waals surface area contributed by atoms with Crippen LogP contribution in [0.25, 0.3) is 0 Å². The molecule has 106 valence electrons. The summed E-state index contributed by atoms with van der Waals surface area (Å²) in [5.41, 5.74) is -0.434. The van der Waals surface area contributed by atoms with Crippen molar-refractivity contribution in [3.8, 4) is 0 Å². The molecule has 1 fully saturated rings. The maximum Gasteiger partial charge on any atom is 0.410 e. The molecule has 1 aliphatic heterocycles. The molecule has 0 spiro atoms. The Morgan fingerprint density at radius 1 is 1.37 bits per heavy atom. The second kappa shape index (κ2) is 5.19. The molecule has 0 unspecified atom stereocenters. The second-order valence-corrected chi connectivity index (χ2v) is 5.95. The van der Waals surface area contributed by atoms with Crippen molar-refractivity contribution in [3.63, 3.8) is 0 Å². The van der Waals surface area contributed by atoms with Gasteiger partial charge >= 0.3 is 6.09 Å². The first-order chi connectivity index (χ1) is 8.87. The summed E-state index contributed by atoms with van der Waals surface area (Å²) in [4.78, 5) is 17.9. The van der Waals surface area contributed by atoms with Gasteiger partial charge in [0, 0.05) is 13.1 Å². The van der Waals surface area contributed by atoms with Crippen molar-refractivity contribution >= 4 is 6.09 Å². The number of carbonyl (C=O) groups excluding carboxylic acids is 1. The zero-order valence-corrected chi connectivity index (χ0v) is 12.1. The van der Waals surface area contributed by atoms with E-state index in [1.807, 2.05) is 32.4 Å². The van der Waals surface area contributed by atoms with Gasteiger partial charge in [0.25, 0.3) is 0 Å². The molecule has 1 aromatic heterocycles. The molecular weight excluding hydrogens is 244 g/mol. The van der Waals surface area contributed by atoms with Crippen LogP contribution in [0.15, 0.2) is 6.33 Å². The van der Waals surface area contributed by atoms with E-state index in [0.29, 0.717) is 19.1 Å². The molecule has 0 aromatic carbocycles. The summed E-state index contributed by atoms with van der Waals surface area (Å²) in [6, 6.07) is 0.334. The molecule has 1 aliphatic rings. The molecule has 1 aromatic rings. The lowest BCUT2D eigenvalue weighted by molar-refractivity contribution is 0.0184. The van der Waals surface area contributed by atoms with Crippen molar-refractivity contribution in [2.75, 3.05) is 13.1 Å². The lowest BCUT2D eigenvalue weighted by Gasteiger charge is -2.33. The topological polar surface area (TPSA) is 60.2 Å². The standard InChI is InChI=1S/C13H22N4O2/c1-10-14-9-15-17(10)11-5-7-16(8-6-11)12(18)19-13(2,3)4/h9,11H,5-8H2,1-4H3.